The highest BCUT2D eigenvalue weighted by molar-refractivity contribution is 4.34. The standard InChI is InChI=1S/C5H12O.C4H10O/c1-2-3-4-5-6;1-3-4(2)5/h6H,2-5H2,1H3;4-5H,3H2,1-2H3. The molecular weight excluding hydrogens is 140 g/mol. The Morgan fingerprint density at radius 1 is 1.18 bits per heavy atom. The fourth-order valence-corrected chi connectivity index (χ4v) is 0.362. The van der Waals surface area contributed by atoms with Crippen LogP contribution in [-0.4, -0.2) is 22.9 Å². The molecule has 0 aliphatic heterocycles. The van der Waals surface area contributed by atoms with E-state index in [1.165, 1.54) is 6.42 Å². The number of aliphatic hydroxyl groups excluding tert-OH is 2. The Balaban J connectivity index is 0. The highest BCUT2D eigenvalue weighted by atomic mass is 16.3. The summed E-state index contributed by atoms with van der Waals surface area (Å²) in [6.45, 7) is 6.20. The summed E-state index contributed by atoms with van der Waals surface area (Å²) in [7, 11) is 0. The van der Waals surface area contributed by atoms with Crippen molar-refractivity contribution in [2.75, 3.05) is 6.61 Å². The first kappa shape index (κ1) is 13.5. The molecule has 11 heavy (non-hydrogen) atoms. The number of rotatable bonds is 4. The Kier molecular flexibility index (Phi) is 15.4. The summed E-state index contributed by atoms with van der Waals surface area (Å²) in [6, 6.07) is 0. The molecule has 0 heterocycles. The van der Waals surface area contributed by atoms with Crippen LogP contribution in [-0.2, 0) is 0 Å². The highest BCUT2D eigenvalue weighted by Gasteiger charge is 1.81. The maximum atomic E-state index is 8.36. The molecule has 2 nitrogen and oxygen atoms in total. The number of hydrogen-bond acceptors (Lipinski definition) is 2. The van der Waals surface area contributed by atoms with E-state index in [4.69, 9.17) is 10.2 Å². The van der Waals surface area contributed by atoms with Gasteiger partial charge in [-0.2, -0.15) is 0 Å². The molecular formula is C9H22O2. The van der Waals surface area contributed by atoms with Gasteiger partial charge in [0.15, 0.2) is 0 Å². The zero-order chi connectivity index (χ0) is 9.11. The Hall–Kier alpha value is -0.0800. The van der Waals surface area contributed by atoms with Crippen LogP contribution >= 0.6 is 0 Å². The van der Waals surface area contributed by atoms with Crippen molar-refractivity contribution in [2.45, 2.75) is 52.6 Å². The van der Waals surface area contributed by atoms with Crippen LogP contribution in [0.25, 0.3) is 0 Å². The maximum absolute atomic E-state index is 8.36. The first-order chi connectivity index (χ1) is 5.18. The molecule has 0 radical (unpaired) electrons. The van der Waals surface area contributed by atoms with Crippen LogP contribution in [0.1, 0.15) is 46.5 Å². The second kappa shape index (κ2) is 12.6. The summed E-state index contributed by atoms with van der Waals surface area (Å²) in [6.07, 6.45) is 4.07. The Labute approximate surface area is 70.3 Å². The van der Waals surface area contributed by atoms with E-state index in [1.54, 1.807) is 6.92 Å². The normalized spacial score (nSPS) is 11.7. The third kappa shape index (κ3) is 25.7. The molecule has 2 heteroatoms. The van der Waals surface area contributed by atoms with Gasteiger partial charge in [-0.25, -0.2) is 0 Å². The summed E-state index contributed by atoms with van der Waals surface area (Å²) in [4.78, 5) is 0. The molecule has 0 saturated carbocycles. The summed E-state index contributed by atoms with van der Waals surface area (Å²) >= 11 is 0. The summed E-state index contributed by atoms with van der Waals surface area (Å²) in [5, 5.41) is 16.6. The van der Waals surface area contributed by atoms with Gasteiger partial charge in [-0.05, 0) is 19.8 Å². The minimum Gasteiger partial charge on any atom is -0.396 e. The van der Waals surface area contributed by atoms with Crippen LogP contribution < -0.4 is 0 Å². The van der Waals surface area contributed by atoms with Gasteiger partial charge >= 0.3 is 0 Å². The minimum atomic E-state index is -0.116. The third-order valence-electron chi connectivity index (χ3n) is 1.35. The zero-order valence-electron chi connectivity index (χ0n) is 8.01. The zero-order valence-corrected chi connectivity index (χ0v) is 8.01. The molecule has 70 valence electrons. The largest absolute Gasteiger partial charge is 0.396 e. The van der Waals surface area contributed by atoms with E-state index in [2.05, 4.69) is 6.92 Å². The van der Waals surface area contributed by atoms with Gasteiger partial charge in [0.2, 0.25) is 0 Å². The molecule has 0 aromatic heterocycles. The molecule has 0 aliphatic carbocycles. The van der Waals surface area contributed by atoms with Crippen molar-refractivity contribution in [1.29, 1.82) is 0 Å². The predicted octanol–water partition coefficient (Wildman–Crippen LogP) is 1.95. The van der Waals surface area contributed by atoms with Crippen molar-refractivity contribution in [3.8, 4) is 0 Å². The van der Waals surface area contributed by atoms with Crippen LogP contribution in [0.4, 0.5) is 0 Å². The molecule has 0 amide bonds. The lowest BCUT2D eigenvalue weighted by molar-refractivity contribution is 0.191. The van der Waals surface area contributed by atoms with Gasteiger partial charge in [-0.1, -0.05) is 26.7 Å². The molecule has 0 spiro atoms. The van der Waals surface area contributed by atoms with E-state index in [1.807, 2.05) is 6.92 Å². The van der Waals surface area contributed by atoms with Crippen molar-refractivity contribution in [2.24, 2.45) is 0 Å². The lowest BCUT2D eigenvalue weighted by Crippen LogP contribution is -1.93. The van der Waals surface area contributed by atoms with Crippen molar-refractivity contribution < 1.29 is 10.2 Å². The van der Waals surface area contributed by atoms with Gasteiger partial charge in [0, 0.05) is 6.61 Å². The number of hydrogen-bond donors (Lipinski definition) is 2. The predicted molar refractivity (Wildman–Crippen MR) is 48.6 cm³/mol. The van der Waals surface area contributed by atoms with Crippen LogP contribution in [0.5, 0.6) is 0 Å². The van der Waals surface area contributed by atoms with Gasteiger partial charge in [0.1, 0.15) is 0 Å². The topological polar surface area (TPSA) is 40.5 Å². The molecule has 0 aliphatic rings. The minimum absolute atomic E-state index is 0.116. The molecule has 1 atom stereocenters. The molecule has 2 N–H and O–H groups in total. The summed E-state index contributed by atoms with van der Waals surface area (Å²) in [5.74, 6) is 0. The van der Waals surface area contributed by atoms with Gasteiger partial charge < -0.3 is 10.2 Å². The van der Waals surface area contributed by atoms with E-state index < -0.39 is 0 Å². The highest BCUT2D eigenvalue weighted by Crippen LogP contribution is 1.89. The number of unbranched alkanes of at least 4 members (excludes halogenated alkanes) is 2. The summed E-state index contributed by atoms with van der Waals surface area (Å²) < 4.78 is 0. The Bertz CT molecular complexity index is 49.5. The monoisotopic (exact) mass is 162 g/mol. The lowest BCUT2D eigenvalue weighted by atomic mass is 10.3. The fraction of sp³-hybridized carbons (Fsp3) is 1.00. The van der Waals surface area contributed by atoms with E-state index in [0.717, 1.165) is 19.3 Å². The van der Waals surface area contributed by atoms with Gasteiger partial charge in [-0.15, -0.1) is 0 Å². The van der Waals surface area contributed by atoms with E-state index >= 15 is 0 Å². The molecule has 0 fully saturated rings. The fourth-order valence-electron chi connectivity index (χ4n) is 0.362. The van der Waals surface area contributed by atoms with Crippen molar-refractivity contribution in [3.05, 3.63) is 0 Å². The van der Waals surface area contributed by atoms with Crippen molar-refractivity contribution in [1.82, 2.24) is 0 Å². The van der Waals surface area contributed by atoms with Gasteiger partial charge in [0.05, 0.1) is 6.10 Å². The van der Waals surface area contributed by atoms with Crippen LogP contribution in [0.3, 0.4) is 0 Å². The first-order valence-corrected chi connectivity index (χ1v) is 4.47. The third-order valence-corrected chi connectivity index (χ3v) is 1.35. The smallest absolute Gasteiger partial charge is 0.0509 e. The van der Waals surface area contributed by atoms with E-state index in [9.17, 15) is 0 Å². The first-order valence-electron chi connectivity index (χ1n) is 4.47. The second-order valence-electron chi connectivity index (χ2n) is 2.69. The van der Waals surface area contributed by atoms with Crippen LogP contribution in [0.15, 0.2) is 0 Å². The van der Waals surface area contributed by atoms with E-state index in [0.29, 0.717) is 6.61 Å². The lowest BCUT2D eigenvalue weighted by Gasteiger charge is -1.90. The molecule has 0 saturated heterocycles. The van der Waals surface area contributed by atoms with Crippen molar-refractivity contribution >= 4 is 0 Å². The quantitative estimate of drug-likeness (QED) is 0.620. The average Bonchev–Trinajstić information content (AvgIpc) is 2.02. The average molecular weight is 162 g/mol. The molecule has 0 bridgehead atoms. The van der Waals surface area contributed by atoms with Gasteiger partial charge in [-0.3, -0.25) is 0 Å². The molecule has 0 aromatic rings. The van der Waals surface area contributed by atoms with E-state index in [-0.39, 0.29) is 6.10 Å². The second-order valence-corrected chi connectivity index (χ2v) is 2.69. The number of aliphatic hydroxyl groups is 2. The molecule has 1 unspecified atom stereocenters. The van der Waals surface area contributed by atoms with Gasteiger partial charge in [0.25, 0.3) is 0 Å². The SMILES string of the molecule is CCC(C)O.CCCCCO. The Morgan fingerprint density at radius 2 is 1.64 bits per heavy atom. The van der Waals surface area contributed by atoms with Crippen LogP contribution in [0, 0.1) is 0 Å². The van der Waals surface area contributed by atoms with Crippen LogP contribution in [0.2, 0.25) is 0 Å². The maximum Gasteiger partial charge on any atom is 0.0509 e. The van der Waals surface area contributed by atoms with Crippen molar-refractivity contribution in [3.63, 3.8) is 0 Å². The molecule has 0 rings (SSSR count). The molecule has 0 aromatic carbocycles. The summed E-state index contributed by atoms with van der Waals surface area (Å²) in [5.41, 5.74) is 0. The Morgan fingerprint density at radius 3 is 1.73 bits per heavy atom.